The van der Waals surface area contributed by atoms with Crippen molar-refractivity contribution < 1.29 is 22.4 Å². The van der Waals surface area contributed by atoms with E-state index < -0.39 is 34.3 Å². The van der Waals surface area contributed by atoms with Crippen molar-refractivity contribution in [3.05, 3.63) is 99.8 Å². The fourth-order valence-corrected chi connectivity index (χ4v) is 5.15. The minimum Gasteiger partial charge on any atom is -0.354 e. The van der Waals surface area contributed by atoms with Gasteiger partial charge < -0.3 is 10.2 Å². The summed E-state index contributed by atoms with van der Waals surface area (Å²) in [6.45, 7) is 1.69. The SMILES string of the molecule is CCCNC(=O)[C@H](Cc1ccccc1)N(Cc1ccc(Cl)c(Cl)c1)C(=O)CN(c1ccc(F)cc1)S(C)(=O)=O. The molecule has 0 aliphatic rings. The van der Waals surface area contributed by atoms with Crippen molar-refractivity contribution in [1.29, 1.82) is 0 Å². The van der Waals surface area contributed by atoms with Gasteiger partial charge in [0.05, 0.1) is 22.0 Å². The van der Waals surface area contributed by atoms with Gasteiger partial charge in [0.25, 0.3) is 0 Å². The fraction of sp³-hybridized carbons (Fsp3) is 0.286. The lowest BCUT2D eigenvalue weighted by Crippen LogP contribution is -2.53. The van der Waals surface area contributed by atoms with E-state index in [2.05, 4.69) is 5.32 Å². The highest BCUT2D eigenvalue weighted by Crippen LogP contribution is 2.25. The normalized spacial score (nSPS) is 12.0. The van der Waals surface area contributed by atoms with E-state index in [1.807, 2.05) is 37.3 Å². The standard InChI is InChI=1S/C28H30Cl2FN3O4S/c1-3-15-32-28(36)26(17-20-7-5-4-6-8-20)33(18-21-9-14-24(29)25(30)16-21)27(35)19-34(39(2,37)38)23-12-10-22(31)11-13-23/h4-14,16,26H,3,15,17-19H2,1-2H3,(H,32,36)/t26-/m0/s1. The minimum absolute atomic E-state index is 0.0339. The van der Waals surface area contributed by atoms with E-state index >= 15 is 0 Å². The quantitative estimate of drug-likeness (QED) is 0.318. The molecule has 0 aliphatic carbocycles. The van der Waals surface area contributed by atoms with E-state index in [9.17, 15) is 22.4 Å². The summed E-state index contributed by atoms with van der Waals surface area (Å²) in [4.78, 5) is 28.7. The topological polar surface area (TPSA) is 86.8 Å². The van der Waals surface area contributed by atoms with Gasteiger partial charge in [0.15, 0.2) is 0 Å². The van der Waals surface area contributed by atoms with Gasteiger partial charge in [-0.05, 0) is 53.9 Å². The Labute approximate surface area is 238 Å². The molecular weight excluding hydrogens is 564 g/mol. The van der Waals surface area contributed by atoms with E-state index in [0.717, 1.165) is 28.3 Å². The van der Waals surface area contributed by atoms with Crippen molar-refractivity contribution in [3.8, 4) is 0 Å². The van der Waals surface area contributed by atoms with Gasteiger partial charge >= 0.3 is 0 Å². The number of nitrogens with zero attached hydrogens (tertiary/aromatic N) is 2. The first-order valence-corrected chi connectivity index (χ1v) is 14.9. The van der Waals surface area contributed by atoms with Gasteiger partial charge in [-0.2, -0.15) is 0 Å². The molecule has 0 unspecified atom stereocenters. The number of halogens is 3. The molecule has 3 aromatic carbocycles. The van der Waals surface area contributed by atoms with Crippen molar-refractivity contribution in [1.82, 2.24) is 10.2 Å². The predicted octanol–water partition coefficient (Wildman–Crippen LogP) is 5.06. The third-order valence-corrected chi connectivity index (χ3v) is 7.83. The lowest BCUT2D eigenvalue weighted by molar-refractivity contribution is -0.140. The van der Waals surface area contributed by atoms with E-state index in [1.165, 1.54) is 17.0 Å². The smallest absolute Gasteiger partial charge is 0.244 e. The summed E-state index contributed by atoms with van der Waals surface area (Å²) in [7, 11) is -3.94. The van der Waals surface area contributed by atoms with Crippen molar-refractivity contribution in [2.75, 3.05) is 23.7 Å². The molecule has 0 fully saturated rings. The van der Waals surface area contributed by atoms with Crippen LogP contribution in [0.15, 0.2) is 72.8 Å². The lowest BCUT2D eigenvalue weighted by Gasteiger charge is -2.33. The molecule has 0 bridgehead atoms. The molecule has 2 amide bonds. The second kappa shape index (κ2) is 13.8. The van der Waals surface area contributed by atoms with Gasteiger partial charge in [-0.25, -0.2) is 12.8 Å². The molecule has 39 heavy (non-hydrogen) atoms. The zero-order chi connectivity index (χ0) is 28.6. The molecule has 3 aromatic rings. The number of carbonyl (C=O) groups is 2. The highest BCUT2D eigenvalue weighted by atomic mass is 35.5. The summed E-state index contributed by atoms with van der Waals surface area (Å²) in [5, 5.41) is 3.47. The molecule has 3 rings (SSSR count). The van der Waals surface area contributed by atoms with Crippen LogP contribution in [0.5, 0.6) is 0 Å². The largest absolute Gasteiger partial charge is 0.354 e. The van der Waals surface area contributed by atoms with Gasteiger partial charge in [-0.3, -0.25) is 13.9 Å². The summed E-state index contributed by atoms with van der Waals surface area (Å²) >= 11 is 12.3. The molecule has 1 atom stereocenters. The van der Waals surface area contributed by atoms with Gasteiger partial charge in [0, 0.05) is 19.5 Å². The molecule has 0 aromatic heterocycles. The third-order valence-electron chi connectivity index (χ3n) is 5.95. The first-order chi connectivity index (χ1) is 18.5. The van der Waals surface area contributed by atoms with Crippen LogP contribution < -0.4 is 9.62 Å². The summed E-state index contributed by atoms with van der Waals surface area (Å²) < 4.78 is 39.8. The summed E-state index contributed by atoms with van der Waals surface area (Å²) in [5.74, 6) is -1.54. The average Bonchev–Trinajstić information content (AvgIpc) is 2.90. The van der Waals surface area contributed by atoms with Gasteiger partial charge in [-0.15, -0.1) is 0 Å². The first kappa shape index (κ1) is 30.4. The van der Waals surface area contributed by atoms with Crippen LogP contribution in [0.25, 0.3) is 0 Å². The summed E-state index contributed by atoms with van der Waals surface area (Å²) in [5.41, 5.74) is 1.54. The molecule has 0 saturated carbocycles. The lowest BCUT2D eigenvalue weighted by atomic mass is 10.0. The predicted molar refractivity (Wildman–Crippen MR) is 153 cm³/mol. The zero-order valence-electron chi connectivity index (χ0n) is 21.6. The van der Waals surface area contributed by atoms with Crippen LogP contribution in [0.1, 0.15) is 24.5 Å². The van der Waals surface area contributed by atoms with Crippen molar-refractivity contribution in [2.45, 2.75) is 32.4 Å². The van der Waals surface area contributed by atoms with Gasteiger partial charge in [-0.1, -0.05) is 66.5 Å². The van der Waals surface area contributed by atoms with Crippen LogP contribution in [0.3, 0.4) is 0 Å². The monoisotopic (exact) mass is 593 g/mol. The number of sulfonamides is 1. The zero-order valence-corrected chi connectivity index (χ0v) is 23.9. The Morgan fingerprint density at radius 2 is 1.62 bits per heavy atom. The Kier molecular flexibility index (Phi) is 10.7. The Morgan fingerprint density at radius 1 is 0.949 bits per heavy atom. The number of amides is 2. The summed E-state index contributed by atoms with van der Waals surface area (Å²) in [6.07, 6.45) is 1.85. The number of nitrogens with one attached hydrogen (secondary N) is 1. The van der Waals surface area contributed by atoms with Crippen molar-refractivity contribution >= 4 is 50.7 Å². The number of anilines is 1. The highest BCUT2D eigenvalue weighted by Gasteiger charge is 2.33. The molecule has 208 valence electrons. The number of carbonyl (C=O) groups excluding carboxylic acids is 2. The molecule has 1 N–H and O–H groups in total. The van der Waals surface area contributed by atoms with E-state index in [0.29, 0.717) is 23.6 Å². The van der Waals surface area contributed by atoms with Crippen LogP contribution in [0, 0.1) is 5.82 Å². The third kappa shape index (κ3) is 8.68. The molecule has 0 saturated heterocycles. The van der Waals surface area contributed by atoms with Gasteiger partial charge in [0.1, 0.15) is 18.4 Å². The van der Waals surface area contributed by atoms with Crippen molar-refractivity contribution in [3.63, 3.8) is 0 Å². The molecule has 0 spiro atoms. The van der Waals surface area contributed by atoms with Crippen LogP contribution in [0.2, 0.25) is 10.0 Å². The number of hydrogen-bond acceptors (Lipinski definition) is 4. The highest BCUT2D eigenvalue weighted by molar-refractivity contribution is 7.92. The first-order valence-electron chi connectivity index (χ1n) is 12.3. The van der Waals surface area contributed by atoms with Crippen molar-refractivity contribution in [2.24, 2.45) is 0 Å². The fourth-order valence-electron chi connectivity index (χ4n) is 3.98. The average molecular weight is 595 g/mol. The molecule has 7 nitrogen and oxygen atoms in total. The second-order valence-corrected chi connectivity index (χ2v) is 11.7. The maximum absolute atomic E-state index is 13.9. The number of hydrogen-bond donors (Lipinski definition) is 1. The molecule has 0 aliphatic heterocycles. The maximum atomic E-state index is 13.9. The van der Waals surface area contributed by atoms with E-state index in [4.69, 9.17) is 23.2 Å². The second-order valence-electron chi connectivity index (χ2n) is 9.01. The molecule has 11 heteroatoms. The van der Waals surface area contributed by atoms with Crippen LogP contribution >= 0.6 is 23.2 Å². The minimum atomic E-state index is -3.94. The summed E-state index contributed by atoms with van der Waals surface area (Å²) in [6, 6.07) is 17.9. The van der Waals surface area contributed by atoms with E-state index in [-0.39, 0.29) is 29.6 Å². The van der Waals surface area contributed by atoms with Gasteiger partial charge in [0.2, 0.25) is 21.8 Å². The number of benzene rings is 3. The Bertz CT molecular complexity index is 1390. The Morgan fingerprint density at radius 3 is 2.21 bits per heavy atom. The molecule has 0 radical (unpaired) electrons. The molecular formula is C28H30Cl2FN3O4S. The Hall–Kier alpha value is -3.14. The molecule has 0 heterocycles. The van der Waals surface area contributed by atoms with Crippen LogP contribution in [-0.2, 0) is 32.6 Å². The maximum Gasteiger partial charge on any atom is 0.244 e. The number of rotatable bonds is 12. The van der Waals surface area contributed by atoms with Crippen LogP contribution in [0.4, 0.5) is 10.1 Å². The van der Waals surface area contributed by atoms with Crippen LogP contribution in [-0.4, -0.2) is 50.5 Å². The van der Waals surface area contributed by atoms with E-state index in [1.54, 1.807) is 18.2 Å². The Balaban J connectivity index is 2.05.